The van der Waals surface area contributed by atoms with E-state index in [2.05, 4.69) is 0 Å². The van der Waals surface area contributed by atoms with Gasteiger partial charge in [0, 0.05) is 12.1 Å². The molecule has 4 aromatic rings. The molecule has 1 fully saturated rings. The number of non-ortho nitro benzene ring substituents is 1. The second-order valence-electron chi connectivity index (χ2n) is 12.0. The molecule has 0 amide bonds. The Kier molecular flexibility index (Phi) is 9.39. The van der Waals surface area contributed by atoms with Crippen LogP contribution in [0, 0.1) is 10.1 Å². The summed E-state index contributed by atoms with van der Waals surface area (Å²) in [5.41, 5.74) is -11.3. The highest BCUT2D eigenvalue weighted by molar-refractivity contribution is 6.05. The third-order valence-corrected chi connectivity index (χ3v) is 9.42. The normalized spacial score (nSPS) is 25.9. The van der Waals surface area contributed by atoms with E-state index in [1.807, 2.05) is 0 Å². The van der Waals surface area contributed by atoms with E-state index < -0.39 is 63.0 Å². The molecule has 12 nitrogen and oxygen atoms in total. The Hall–Kier alpha value is -5.11. The van der Waals surface area contributed by atoms with E-state index >= 15 is 0 Å². The number of benzene rings is 4. The van der Waals surface area contributed by atoms with Crippen molar-refractivity contribution in [2.45, 2.75) is 61.5 Å². The van der Waals surface area contributed by atoms with E-state index in [-0.39, 0.29) is 11.4 Å². The van der Waals surface area contributed by atoms with Gasteiger partial charge in [0.1, 0.15) is 18.0 Å². The van der Waals surface area contributed by atoms with Crippen molar-refractivity contribution in [1.82, 2.24) is 0 Å². The number of aliphatic hydroxyl groups excluding tert-OH is 1. The number of nitro benzene ring substituents is 1. The van der Waals surface area contributed by atoms with Crippen LogP contribution in [0.25, 0.3) is 0 Å². The summed E-state index contributed by atoms with van der Waals surface area (Å²) in [6.45, 7) is 2.38. The Morgan fingerprint density at radius 1 is 0.714 bits per heavy atom. The van der Waals surface area contributed by atoms with Gasteiger partial charge in [0.2, 0.25) is 17.5 Å². The van der Waals surface area contributed by atoms with Crippen molar-refractivity contribution in [3.63, 3.8) is 0 Å². The molecule has 5 rings (SSSR count). The first kappa shape index (κ1) is 35.2. The Labute approximate surface area is 281 Å². The summed E-state index contributed by atoms with van der Waals surface area (Å²) in [7, 11) is 0. The van der Waals surface area contributed by atoms with Gasteiger partial charge in [0.25, 0.3) is 5.69 Å². The van der Waals surface area contributed by atoms with Crippen LogP contribution in [0.15, 0.2) is 115 Å². The predicted octanol–water partition coefficient (Wildman–Crippen LogP) is 3.05. The zero-order valence-electron chi connectivity index (χ0n) is 26.8. The lowest BCUT2D eigenvalue weighted by atomic mass is 9.56. The highest BCUT2D eigenvalue weighted by Gasteiger charge is 2.80. The lowest BCUT2D eigenvalue weighted by Crippen LogP contribution is -2.88. The van der Waals surface area contributed by atoms with Gasteiger partial charge in [0.15, 0.2) is 23.0 Å². The quantitative estimate of drug-likeness (QED) is 0.104. The van der Waals surface area contributed by atoms with Crippen LogP contribution in [-0.4, -0.2) is 78.0 Å². The minimum Gasteiger partial charge on any atom is -0.461 e. The average Bonchev–Trinajstić information content (AvgIpc) is 3.10. The number of hydrogen-bond acceptors (Lipinski definition) is 11. The highest BCUT2D eigenvalue weighted by atomic mass is 16.7. The Balaban J connectivity index is 1.84. The molecule has 12 heteroatoms. The van der Waals surface area contributed by atoms with Crippen molar-refractivity contribution in [1.29, 1.82) is 0 Å². The topological polar surface area (TPSA) is 194 Å². The second-order valence-corrected chi connectivity index (χ2v) is 12.0. The third kappa shape index (κ3) is 5.25. The summed E-state index contributed by atoms with van der Waals surface area (Å²) in [6, 6.07) is 30.1. The first-order valence-corrected chi connectivity index (χ1v) is 15.3. The first-order chi connectivity index (χ1) is 23.2. The summed E-state index contributed by atoms with van der Waals surface area (Å²) in [6.07, 6.45) is -6.72. The lowest BCUT2D eigenvalue weighted by Gasteiger charge is -2.59. The van der Waals surface area contributed by atoms with Crippen molar-refractivity contribution in [3.05, 3.63) is 142 Å². The molecule has 49 heavy (non-hydrogen) atoms. The predicted molar refractivity (Wildman–Crippen MR) is 174 cm³/mol. The zero-order chi connectivity index (χ0) is 35.8. The first-order valence-electron chi connectivity index (χ1n) is 15.3. The largest absolute Gasteiger partial charge is 0.461 e. The summed E-state index contributed by atoms with van der Waals surface area (Å²) >= 11 is 0. The molecule has 1 saturated heterocycles. The summed E-state index contributed by atoms with van der Waals surface area (Å²) in [4.78, 5) is 51.2. The summed E-state index contributed by atoms with van der Waals surface area (Å²) < 4.78 is 12.0. The highest BCUT2D eigenvalue weighted by Crippen LogP contribution is 2.52. The molecule has 0 aliphatic carbocycles. The van der Waals surface area contributed by atoms with Crippen LogP contribution in [0.1, 0.15) is 37.5 Å². The summed E-state index contributed by atoms with van der Waals surface area (Å²) in [5.74, 6) is -4.27. The summed E-state index contributed by atoms with van der Waals surface area (Å²) in [5, 5.41) is 61.0. The minimum atomic E-state index is -3.66. The van der Waals surface area contributed by atoms with Crippen LogP contribution >= 0.6 is 0 Å². The molecule has 4 aromatic carbocycles. The van der Waals surface area contributed by atoms with Crippen molar-refractivity contribution in [2.24, 2.45) is 0 Å². The molecule has 1 heterocycles. The zero-order valence-corrected chi connectivity index (χ0v) is 26.8. The lowest BCUT2D eigenvalue weighted by molar-refractivity contribution is -0.385. The fourth-order valence-electron chi connectivity index (χ4n) is 6.94. The van der Waals surface area contributed by atoms with Gasteiger partial charge in [-0.1, -0.05) is 91.0 Å². The Bertz CT molecular complexity index is 1760. The fourth-order valence-corrected chi connectivity index (χ4v) is 6.94. The minimum absolute atomic E-state index is 0.219. The number of nitro groups is 1. The van der Waals surface area contributed by atoms with E-state index in [0.29, 0.717) is 16.7 Å². The Morgan fingerprint density at radius 3 is 1.47 bits per heavy atom. The van der Waals surface area contributed by atoms with Crippen LogP contribution < -0.4 is 4.74 Å². The van der Waals surface area contributed by atoms with Crippen molar-refractivity contribution < 1.29 is 49.2 Å². The molecule has 0 spiro atoms. The van der Waals surface area contributed by atoms with Crippen molar-refractivity contribution >= 4 is 23.0 Å². The van der Waals surface area contributed by atoms with Crippen molar-refractivity contribution in [3.8, 4) is 5.75 Å². The molecule has 0 saturated carbocycles. The van der Waals surface area contributed by atoms with Crippen molar-refractivity contribution in [2.75, 3.05) is 0 Å². The number of ketones is 3. The molecular formula is C37H35NO11. The number of nitrogens with zero attached hydrogens (tertiary/aromatic N) is 1. The number of hydrogen-bond donors (Lipinski definition) is 4. The van der Waals surface area contributed by atoms with E-state index in [1.54, 1.807) is 91.0 Å². The maximum atomic E-state index is 13.7. The molecule has 4 N–H and O–H groups in total. The maximum Gasteiger partial charge on any atom is 0.269 e. The van der Waals surface area contributed by atoms with Gasteiger partial charge in [-0.05, 0) is 49.6 Å². The molecule has 1 unspecified atom stereocenters. The van der Waals surface area contributed by atoms with Crippen LogP contribution in [0.4, 0.5) is 5.69 Å². The maximum absolute atomic E-state index is 13.7. The molecule has 0 aromatic heterocycles. The van der Waals surface area contributed by atoms with Crippen LogP contribution in [0.5, 0.6) is 5.75 Å². The van der Waals surface area contributed by atoms with Gasteiger partial charge in [-0.25, -0.2) is 0 Å². The van der Waals surface area contributed by atoms with Crippen LogP contribution in [-0.2, 0) is 24.5 Å². The molecule has 6 atom stereocenters. The van der Waals surface area contributed by atoms with Crippen LogP contribution in [0.3, 0.4) is 0 Å². The SMILES string of the molecule is CC(=O)[C@]1(O)[C@@](O)(C(C)=O)[C@@H](C(O)C(c2ccccc2)(c2ccccc2)c2ccccc2)O[C@H](Oc2ccc([N+](=O)[O-])cc2)[C@@]1(O)C(C)=O. The number of rotatable bonds is 11. The van der Waals surface area contributed by atoms with Gasteiger partial charge in [-0.2, -0.15) is 0 Å². The molecule has 254 valence electrons. The van der Waals surface area contributed by atoms with E-state index in [4.69, 9.17) is 9.47 Å². The van der Waals surface area contributed by atoms with Gasteiger partial charge < -0.3 is 29.9 Å². The molecule has 1 aliphatic heterocycles. The number of carbonyl (C=O) groups is 3. The number of carbonyl (C=O) groups excluding carboxylic acids is 3. The van der Waals surface area contributed by atoms with Gasteiger partial charge >= 0.3 is 0 Å². The second kappa shape index (κ2) is 13.1. The van der Waals surface area contributed by atoms with E-state index in [9.17, 15) is 44.9 Å². The van der Waals surface area contributed by atoms with E-state index in [1.165, 1.54) is 0 Å². The number of Topliss-reactive ketones (excluding diaryl/α,β-unsaturated/α-hetero) is 3. The third-order valence-electron chi connectivity index (χ3n) is 9.42. The van der Waals surface area contributed by atoms with Gasteiger partial charge in [-0.15, -0.1) is 0 Å². The number of ether oxygens (including phenoxy) is 2. The molecule has 1 aliphatic rings. The number of aliphatic hydroxyl groups is 4. The molecule has 0 radical (unpaired) electrons. The van der Waals surface area contributed by atoms with Crippen LogP contribution in [0.2, 0.25) is 0 Å². The standard InChI is InChI=1S/C37H35NO11/c1-23(39)35(43)32(31(42)34(26-13-7-4-8-14-26,27-15-9-5-10-16-27)28-17-11-6-12-18-28)49-33(36(44,24(2)40)37(35,45)25(3)41)48-30-21-19-29(20-22-30)38(46)47/h4-22,31-33,42-45H,1-3H3/t31?,32-,33+,35-,36+,37+/m1/s1. The van der Waals surface area contributed by atoms with E-state index in [0.717, 1.165) is 45.0 Å². The fraction of sp³-hybridized carbons (Fsp3) is 0.270. The average molecular weight is 670 g/mol. The smallest absolute Gasteiger partial charge is 0.269 e. The van der Waals surface area contributed by atoms with Gasteiger partial charge in [0.05, 0.1) is 10.3 Å². The monoisotopic (exact) mass is 669 g/mol. The van der Waals surface area contributed by atoms with Gasteiger partial charge in [-0.3, -0.25) is 24.5 Å². The molecular weight excluding hydrogens is 634 g/mol. The molecule has 0 bridgehead atoms. The Morgan fingerprint density at radius 2 is 1.12 bits per heavy atom.